The minimum absolute atomic E-state index is 0.0388. The third kappa shape index (κ3) is 5.04. The van der Waals surface area contributed by atoms with Gasteiger partial charge in [-0.3, -0.25) is 0 Å². The van der Waals surface area contributed by atoms with Crippen molar-refractivity contribution >= 4 is 23.3 Å². The Morgan fingerprint density at radius 2 is 2.00 bits per heavy atom. The third-order valence-electron chi connectivity index (χ3n) is 2.07. The standard InChI is InChI=1S/C11H15ClN2O3/c1-11(17,7-15)6-13-10(16)14-9-4-2-8(12)3-5-9/h2-5,15,17H,6-7H2,1H3,(H2,13,14,16). The molecule has 0 aromatic heterocycles. The normalized spacial score (nSPS) is 13.9. The topological polar surface area (TPSA) is 81.6 Å². The molecule has 0 aliphatic carbocycles. The van der Waals surface area contributed by atoms with E-state index in [2.05, 4.69) is 10.6 Å². The molecule has 1 rings (SSSR count). The molecule has 2 amide bonds. The van der Waals surface area contributed by atoms with Crippen LogP contribution in [-0.4, -0.2) is 35.0 Å². The number of aliphatic hydroxyl groups excluding tert-OH is 1. The van der Waals surface area contributed by atoms with Gasteiger partial charge in [0, 0.05) is 10.7 Å². The van der Waals surface area contributed by atoms with Gasteiger partial charge in [0.25, 0.3) is 0 Å². The van der Waals surface area contributed by atoms with Gasteiger partial charge >= 0.3 is 6.03 Å². The fourth-order valence-electron chi connectivity index (χ4n) is 1.04. The number of aliphatic hydroxyl groups is 2. The summed E-state index contributed by atoms with van der Waals surface area (Å²) in [6, 6.07) is 6.17. The Morgan fingerprint density at radius 3 is 2.53 bits per heavy atom. The lowest BCUT2D eigenvalue weighted by atomic mass is 10.1. The van der Waals surface area contributed by atoms with E-state index < -0.39 is 18.2 Å². The second-order valence-corrected chi connectivity index (χ2v) is 4.41. The molecule has 5 nitrogen and oxygen atoms in total. The minimum Gasteiger partial charge on any atom is -0.393 e. The van der Waals surface area contributed by atoms with Gasteiger partial charge in [-0.05, 0) is 31.2 Å². The van der Waals surface area contributed by atoms with E-state index in [1.165, 1.54) is 6.92 Å². The van der Waals surface area contributed by atoms with E-state index in [0.29, 0.717) is 10.7 Å². The Kier molecular flexibility index (Phi) is 4.74. The number of nitrogens with one attached hydrogen (secondary N) is 2. The highest BCUT2D eigenvalue weighted by atomic mass is 35.5. The summed E-state index contributed by atoms with van der Waals surface area (Å²) in [6.45, 7) is 0.965. The molecule has 0 aliphatic heterocycles. The maximum atomic E-state index is 11.4. The van der Waals surface area contributed by atoms with Crippen LogP contribution in [0.25, 0.3) is 0 Å². The highest BCUT2D eigenvalue weighted by molar-refractivity contribution is 6.30. The van der Waals surface area contributed by atoms with Crippen molar-refractivity contribution in [3.8, 4) is 0 Å². The second kappa shape index (κ2) is 5.86. The quantitative estimate of drug-likeness (QED) is 0.655. The largest absolute Gasteiger partial charge is 0.393 e. The summed E-state index contributed by atoms with van der Waals surface area (Å²) in [4.78, 5) is 11.4. The van der Waals surface area contributed by atoms with Crippen LogP contribution in [0.1, 0.15) is 6.92 Å². The zero-order valence-electron chi connectivity index (χ0n) is 9.40. The van der Waals surface area contributed by atoms with E-state index in [0.717, 1.165) is 0 Å². The first-order valence-electron chi connectivity index (χ1n) is 5.06. The zero-order valence-corrected chi connectivity index (χ0v) is 10.2. The predicted octanol–water partition coefficient (Wildman–Crippen LogP) is 1.20. The van der Waals surface area contributed by atoms with Crippen molar-refractivity contribution < 1.29 is 15.0 Å². The van der Waals surface area contributed by atoms with Crippen LogP contribution in [0.3, 0.4) is 0 Å². The van der Waals surface area contributed by atoms with Crippen molar-refractivity contribution in [2.24, 2.45) is 0 Å². The lowest BCUT2D eigenvalue weighted by Crippen LogP contribution is -2.44. The second-order valence-electron chi connectivity index (χ2n) is 3.97. The van der Waals surface area contributed by atoms with Crippen LogP contribution >= 0.6 is 11.6 Å². The Bertz CT molecular complexity index is 379. The summed E-state index contributed by atoms with van der Waals surface area (Å²) >= 11 is 5.70. The molecule has 1 atom stereocenters. The van der Waals surface area contributed by atoms with E-state index in [1.54, 1.807) is 24.3 Å². The third-order valence-corrected chi connectivity index (χ3v) is 2.32. The molecule has 0 heterocycles. The van der Waals surface area contributed by atoms with Crippen molar-refractivity contribution in [2.75, 3.05) is 18.5 Å². The molecule has 94 valence electrons. The molecule has 1 aromatic carbocycles. The van der Waals surface area contributed by atoms with E-state index in [-0.39, 0.29) is 6.54 Å². The number of hydrogen-bond donors (Lipinski definition) is 4. The van der Waals surface area contributed by atoms with Crippen molar-refractivity contribution in [3.05, 3.63) is 29.3 Å². The molecule has 0 radical (unpaired) electrons. The van der Waals surface area contributed by atoms with Crippen LogP contribution in [0.2, 0.25) is 5.02 Å². The highest BCUT2D eigenvalue weighted by Gasteiger charge is 2.19. The van der Waals surface area contributed by atoms with Gasteiger partial charge in [-0.2, -0.15) is 0 Å². The number of carbonyl (C=O) groups is 1. The molecular formula is C11H15ClN2O3. The molecule has 0 aliphatic rings. The van der Waals surface area contributed by atoms with E-state index in [9.17, 15) is 9.90 Å². The van der Waals surface area contributed by atoms with Crippen LogP contribution in [0.4, 0.5) is 10.5 Å². The van der Waals surface area contributed by atoms with Gasteiger partial charge in [-0.25, -0.2) is 4.79 Å². The van der Waals surface area contributed by atoms with Gasteiger partial charge < -0.3 is 20.8 Å². The zero-order chi connectivity index (χ0) is 12.9. The molecule has 0 spiro atoms. The average molecular weight is 259 g/mol. The van der Waals surface area contributed by atoms with Gasteiger partial charge in [-0.15, -0.1) is 0 Å². The molecule has 0 saturated carbocycles. The number of urea groups is 1. The number of benzene rings is 1. The van der Waals surface area contributed by atoms with Crippen molar-refractivity contribution in [1.82, 2.24) is 5.32 Å². The molecule has 0 fully saturated rings. The SMILES string of the molecule is CC(O)(CO)CNC(=O)Nc1ccc(Cl)cc1. The molecular weight excluding hydrogens is 244 g/mol. The summed E-state index contributed by atoms with van der Waals surface area (Å²) in [5.74, 6) is 0. The van der Waals surface area contributed by atoms with Crippen LogP contribution in [-0.2, 0) is 0 Å². The Morgan fingerprint density at radius 1 is 1.41 bits per heavy atom. The lowest BCUT2D eigenvalue weighted by molar-refractivity contribution is 0.00514. The Hall–Kier alpha value is -1.30. The van der Waals surface area contributed by atoms with Gasteiger partial charge in [0.05, 0.1) is 13.2 Å². The van der Waals surface area contributed by atoms with E-state index >= 15 is 0 Å². The first-order valence-corrected chi connectivity index (χ1v) is 5.44. The summed E-state index contributed by atoms with van der Waals surface area (Å²) in [5, 5.41) is 23.8. The van der Waals surface area contributed by atoms with Crippen molar-refractivity contribution in [3.63, 3.8) is 0 Å². The van der Waals surface area contributed by atoms with Crippen LogP contribution in [0.5, 0.6) is 0 Å². The van der Waals surface area contributed by atoms with Crippen LogP contribution < -0.4 is 10.6 Å². The number of rotatable bonds is 4. The fraction of sp³-hybridized carbons (Fsp3) is 0.364. The monoisotopic (exact) mass is 258 g/mol. The summed E-state index contributed by atoms with van der Waals surface area (Å²) in [7, 11) is 0. The van der Waals surface area contributed by atoms with E-state index in [1.807, 2.05) is 0 Å². The minimum atomic E-state index is -1.32. The number of carbonyl (C=O) groups excluding carboxylic acids is 1. The lowest BCUT2D eigenvalue weighted by Gasteiger charge is -2.20. The predicted molar refractivity (Wildman–Crippen MR) is 66.2 cm³/mol. The first kappa shape index (κ1) is 13.8. The smallest absolute Gasteiger partial charge is 0.319 e. The summed E-state index contributed by atoms with van der Waals surface area (Å²) in [5.41, 5.74) is -0.729. The van der Waals surface area contributed by atoms with Crippen LogP contribution in [0, 0.1) is 0 Å². The fourth-order valence-corrected chi connectivity index (χ4v) is 1.16. The molecule has 4 N–H and O–H groups in total. The molecule has 0 bridgehead atoms. The number of hydrogen-bond acceptors (Lipinski definition) is 3. The average Bonchev–Trinajstić information content (AvgIpc) is 2.30. The number of anilines is 1. The summed E-state index contributed by atoms with van der Waals surface area (Å²) < 4.78 is 0. The molecule has 0 saturated heterocycles. The maximum Gasteiger partial charge on any atom is 0.319 e. The molecule has 1 aromatic rings. The molecule has 1 unspecified atom stereocenters. The van der Waals surface area contributed by atoms with Crippen molar-refractivity contribution in [2.45, 2.75) is 12.5 Å². The molecule has 6 heteroatoms. The Labute approximate surface area is 104 Å². The van der Waals surface area contributed by atoms with Gasteiger partial charge in [0.15, 0.2) is 0 Å². The van der Waals surface area contributed by atoms with Gasteiger partial charge in [0.1, 0.15) is 5.60 Å². The van der Waals surface area contributed by atoms with Crippen LogP contribution in [0.15, 0.2) is 24.3 Å². The van der Waals surface area contributed by atoms with Gasteiger partial charge in [-0.1, -0.05) is 11.6 Å². The number of halogens is 1. The van der Waals surface area contributed by atoms with Crippen molar-refractivity contribution in [1.29, 1.82) is 0 Å². The summed E-state index contributed by atoms with van der Waals surface area (Å²) in [6.07, 6.45) is 0. The maximum absolute atomic E-state index is 11.4. The molecule has 17 heavy (non-hydrogen) atoms. The highest BCUT2D eigenvalue weighted by Crippen LogP contribution is 2.13. The van der Waals surface area contributed by atoms with E-state index in [4.69, 9.17) is 16.7 Å². The first-order chi connectivity index (χ1) is 7.93. The Balaban J connectivity index is 2.42. The number of amides is 2. The van der Waals surface area contributed by atoms with Gasteiger partial charge in [0.2, 0.25) is 0 Å².